The lowest BCUT2D eigenvalue weighted by Gasteiger charge is -2.25. The third kappa shape index (κ3) is 4.41. The van der Waals surface area contributed by atoms with Crippen molar-refractivity contribution in [3.63, 3.8) is 0 Å². The van der Waals surface area contributed by atoms with Gasteiger partial charge >= 0.3 is 0 Å². The number of rotatable bonds is 7. The first kappa shape index (κ1) is 15.7. The first-order chi connectivity index (χ1) is 8.62. The van der Waals surface area contributed by atoms with E-state index in [0.29, 0.717) is 10.0 Å². The zero-order valence-electron chi connectivity index (χ0n) is 10.7. The molecule has 0 bridgehead atoms. The summed E-state index contributed by atoms with van der Waals surface area (Å²) < 4.78 is 5.47. The fourth-order valence-corrected chi connectivity index (χ4v) is 2.31. The molecule has 1 aromatic rings. The van der Waals surface area contributed by atoms with Crippen LogP contribution in [0, 0.1) is 0 Å². The molecule has 0 spiro atoms. The minimum Gasteiger partial charge on any atom is -0.380 e. The summed E-state index contributed by atoms with van der Waals surface area (Å²) in [5.41, 5.74) is 3.91. The summed E-state index contributed by atoms with van der Waals surface area (Å²) in [5, 5.41) is 1.13. The van der Waals surface area contributed by atoms with E-state index in [-0.39, 0.29) is 12.1 Å². The molecule has 0 aliphatic heterocycles. The Morgan fingerprint density at radius 1 is 1.33 bits per heavy atom. The molecular formula is C13H20Cl2N2O. The van der Waals surface area contributed by atoms with Crippen molar-refractivity contribution in [2.75, 3.05) is 7.11 Å². The van der Waals surface area contributed by atoms with Crippen molar-refractivity contribution in [2.45, 2.75) is 38.3 Å². The van der Waals surface area contributed by atoms with Crippen LogP contribution in [-0.2, 0) is 11.2 Å². The van der Waals surface area contributed by atoms with Crippen molar-refractivity contribution in [2.24, 2.45) is 5.84 Å². The van der Waals surface area contributed by atoms with Crippen LogP contribution in [-0.4, -0.2) is 19.3 Å². The molecule has 102 valence electrons. The number of hydrazine groups is 1. The van der Waals surface area contributed by atoms with Crippen LogP contribution in [0.25, 0.3) is 0 Å². The van der Waals surface area contributed by atoms with Gasteiger partial charge in [0.2, 0.25) is 0 Å². The standard InChI is InChI=1S/C13H20Cl2N2O/c1-3-4-13(18-2)12(17-16)8-9-5-6-10(14)11(15)7-9/h5-7,12-13,17H,3-4,8,16H2,1-2H3. The maximum absolute atomic E-state index is 6.00. The molecule has 0 fully saturated rings. The van der Waals surface area contributed by atoms with E-state index in [9.17, 15) is 0 Å². The molecular weight excluding hydrogens is 271 g/mol. The van der Waals surface area contributed by atoms with Crippen LogP contribution in [0.1, 0.15) is 25.3 Å². The maximum atomic E-state index is 6.00. The van der Waals surface area contributed by atoms with E-state index in [2.05, 4.69) is 12.3 Å². The van der Waals surface area contributed by atoms with E-state index >= 15 is 0 Å². The Balaban J connectivity index is 2.74. The van der Waals surface area contributed by atoms with Gasteiger partial charge in [-0.25, -0.2) is 0 Å². The van der Waals surface area contributed by atoms with E-state index < -0.39 is 0 Å². The first-order valence-corrected chi connectivity index (χ1v) is 6.80. The lowest BCUT2D eigenvalue weighted by molar-refractivity contribution is 0.0609. The van der Waals surface area contributed by atoms with Crippen LogP contribution >= 0.6 is 23.2 Å². The minimum atomic E-state index is 0.0622. The van der Waals surface area contributed by atoms with Crippen LogP contribution in [0.4, 0.5) is 0 Å². The number of halogens is 2. The van der Waals surface area contributed by atoms with Gasteiger partial charge in [-0.1, -0.05) is 42.6 Å². The minimum absolute atomic E-state index is 0.0622. The third-order valence-electron chi connectivity index (χ3n) is 2.98. The van der Waals surface area contributed by atoms with Gasteiger partial charge in [-0.05, 0) is 30.5 Å². The number of nitrogens with two attached hydrogens (primary N) is 1. The molecule has 0 aliphatic carbocycles. The summed E-state index contributed by atoms with van der Waals surface area (Å²) >= 11 is 11.9. The molecule has 0 aliphatic rings. The second-order valence-electron chi connectivity index (χ2n) is 4.29. The number of hydrogen-bond donors (Lipinski definition) is 2. The largest absolute Gasteiger partial charge is 0.380 e. The van der Waals surface area contributed by atoms with E-state index in [1.165, 1.54) is 0 Å². The number of benzene rings is 1. The quantitative estimate of drug-likeness (QED) is 0.599. The summed E-state index contributed by atoms with van der Waals surface area (Å²) in [7, 11) is 1.71. The van der Waals surface area contributed by atoms with Gasteiger partial charge < -0.3 is 4.74 Å². The number of ether oxygens (including phenoxy) is 1. The molecule has 3 N–H and O–H groups in total. The van der Waals surface area contributed by atoms with Crippen molar-refractivity contribution in [3.8, 4) is 0 Å². The fourth-order valence-electron chi connectivity index (χ4n) is 1.99. The molecule has 0 saturated heterocycles. The number of hydrogen-bond acceptors (Lipinski definition) is 3. The smallest absolute Gasteiger partial charge is 0.0740 e. The summed E-state index contributed by atoms with van der Waals surface area (Å²) in [6, 6.07) is 5.69. The Bertz CT molecular complexity index is 374. The molecule has 0 amide bonds. The second-order valence-corrected chi connectivity index (χ2v) is 5.10. The SMILES string of the molecule is CCCC(OC)C(Cc1ccc(Cl)c(Cl)c1)NN. The Morgan fingerprint density at radius 3 is 2.56 bits per heavy atom. The Hall–Kier alpha value is -0.320. The van der Waals surface area contributed by atoms with Gasteiger partial charge in [0.25, 0.3) is 0 Å². The predicted octanol–water partition coefficient (Wildman–Crippen LogP) is 3.18. The molecule has 1 aromatic carbocycles. The summed E-state index contributed by atoms with van der Waals surface area (Å²) in [6.07, 6.45) is 2.87. The van der Waals surface area contributed by atoms with Gasteiger partial charge in [-0.15, -0.1) is 0 Å². The second kappa shape index (κ2) is 7.97. The molecule has 5 heteroatoms. The molecule has 1 rings (SSSR count). The lowest BCUT2D eigenvalue weighted by Crippen LogP contribution is -2.46. The summed E-state index contributed by atoms with van der Waals surface area (Å²) in [4.78, 5) is 0. The van der Waals surface area contributed by atoms with Gasteiger partial charge in [0.05, 0.1) is 22.2 Å². The Morgan fingerprint density at radius 2 is 2.06 bits per heavy atom. The number of nitrogens with one attached hydrogen (secondary N) is 1. The molecule has 0 heterocycles. The van der Waals surface area contributed by atoms with Crippen molar-refractivity contribution in [1.82, 2.24) is 5.43 Å². The molecule has 2 atom stereocenters. The van der Waals surface area contributed by atoms with E-state index in [1.807, 2.05) is 12.1 Å². The summed E-state index contributed by atoms with van der Waals surface area (Å²) in [6.45, 7) is 2.12. The topological polar surface area (TPSA) is 47.3 Å². The predicted molar refractivity (Wildman–Crippen MR) is 77.0 cm³/mol. The monoisotopic (exact) mass is 290 g/mol. The highest BCUT2D eigenvalue weighted by atomic mass is 35.5. The van der Waals surface area contributed by atoms with Gasteiger partial charge in [0, 0.05) is 7.11 Å². The lowest BCUT2D eigenvalue weighted by atomic mass is 9.99. The molecule has 2 unspecified atom stereocenters. The zero-order valence-corrected chi connectivity index (χ0v) is 12.3. The van der Waals surface area contributed by atoms with E-state index in [4.69, 9.17) is 33.8 Å². The van der Waals surface area contributed by atoms with Gasteiger partial charge in [-0.2, -0.15) is 0 Å². The van der Waals surface area contributed by atoms with E-state index in [0.717, 1.165) is 24.8 Å². The van der Waals surface area contributed by atoms with Gasteiger partial charge in [0.1, 0.15) is 0 Å². The third-order valence-corrected chi connectivity index (χ3v) is 3.72. The number of methoxy groups -OCH3 is 1. The van der Waals surface area contributed by atoms with Crippen molar-refractivity contribution in [1.29, 1.82) is 0 Å². The first-order valence-electron chi connectivity index (χ1n) is 6.05. The summed E-state index contributed by atoms with van der Waals surface area (Å²) in [5.74, 6) is 5.61. The molecule has 18 heavy (non-hydrogen) atoms. The Labute approximate surface area is 119 Å². The highest BCUT2D eigenvalue weighted by Crippen LogP contribution is 2.23. The van der Waals surface area contributed by atoms with Crippen LogP contribution in [0.5, 0.6) is 0 Å². The normalized spacial score (nSPS) is 14.5. The molecule has 0 radical (unpaired) electrons. The fraction of sp³-hybridized carbons (Fsp3) is 0.538. The van der Waals surface area contributed by atoms with Crippen LogP contribution < -0.4 is 11.3 Å². The van der Waals surface area contributed by atoms with Crippen LogP contribution in [0.3, 0.4) is 0 Å². The molecule has 0 saturated carbocycles. The van der Waals surface area contributed by atoms with Gasteiger partial charge in [-0.3, -0.25) is 11.3 Å². The highest BCUT2D eigenvalue weighted by molar-refractivity contribution is 6.42. The molecule has 0 aromatic heterocycles. The Kier molecular flexibility index (Phi) is 6.97. The van der Waals surface area contributed by atoms with Crippen molar-refractivity contribution in [3.05, 3.63) is 33.8 Å². The van der Waals surface area contributed by atoms with Gasteiger partial charge in [0.15, 0.2) is 0 Å². The van der Waals surface area contributed by atoms with Crippen LogP contribution in [0.2, 0.25) is 10.0 Å². The maximum Gasteiger partial charge on any atom is 0.0740 e. The van der Waals surface area contributed by atoms with Crippen molar-refractivity contribution < 1.29 is 4.74 Å². The van der Waals surface area contributed by atoms with E-state index in [1.54, 1.807) is 13.2 Å². The van der Waals surface area contributed by atoms with Crippen LogP contribution in [0.15, 0.2) is 18.2 Å². The average Bonchev–Trinajstić information content (AvgIpc) is 2.37. The molecule has 3 nitrogen and oxygen atoms in total. The van der Waals surface area contributed by atoms with Crippen molar-refractivity contribution >= 4 is 23.2 Å². The average molecular weight is 291 g/mol. The highest BCUT2D eigenvalue weighted by Gasteiger charge is 2.19. The zero-order chi connectivity index (χ0) is 13.5.